The number of anilines is 4. The SMILES string of the molecule is CC=C(C)c1nc(Nc2cc(C(=O)Nc3ccccc3)ccn2)nc(N2CCN(C)CC2)n1. The number of carbonyl (C=O) groups excluding carboxylic acids is 1. The third kappa shape index (κ3) is 5.69. The molecule has 0 unspecified atom stereocenters. The van der Waals surface area contributed by atoms with Crippen LogP contribution in [0.3, 0.4) is 0 Å². The van der Waals surface area contributed by atoms with Crippen LogP contribution in [0, 0.1) is 0 Å². The molecule has 3 heterocycles. The Morgan fingerprint density at radius 3 is 2.52 bits per heavy atom. The lowest BCUT2D eigenvalue weighted by Gasteiger charge is -2.32. The molecule has 0 spiro atoms. The van der Waals surface area contributed by atoms with Gasteiger partial charge in [0, 0.05) is 43.6 Å². The van der Waals surface area contributed by atoms with Gasteiger partial charge < -0.3 is 20.4 Å². The van der Waals surface area contributed by atoms with Gasteiger partial charge in [0.15, 0.2) is 5.82 Å². The topological polar surface area (TPSA) is 99.2 Å². The maximum atomic E-state index is 12.7. The van der Waals surface area contributed by atoms with Crippen molar-refractivity contribution in [2.24, 2.45) is 0 Å². The zero-order valence-corrected chi connectivity index (χ0v) is 19.1. The van der Waals surface area contributed by atoms with Crippen molar-refractivity contribution in [3.8, 4) is 0 Å². The van der Waals surface area contributed by atoms with E-state index in [0.29, 0.717) is 29.1 Å². The Morgan fingerprint density at radius 1 is 1.03 bits per heavy atom. The van der Waals surface area contributed by atoms with Crippen LogP contribution >= 0.6 is 0 Å². The first-order valence-corrected chi connectivity index (χ1v) is 10.9. The summed E-state index contributed by atoms with van der Waals surface area (Å²) in [5.74, 6) is 1.90. The Morgan fingerprint density at radius 2 is 1.79 bits per heavy atom. The number of nitrogens with one attached hydrogen (secondary N) is 2. The molecule has 9 heteroatoms. The molecule has 1 saturated heterocycles. The molecule has 0 aliphatic carbocycles. The van der Waals surface area contributed by atoms with Gasteiger partial charge in [-0.3, -0.25) is 4.79 Å². The molecule has 1 aliphatic rings. The smallest absolute Gasteiger partial charge is 0.255 e. The van der Waals surface area contributed by atoms with Crippen LogP contribution in [0.1, 0.15) is 30.0 Å². The van der Waals surface area contributed by atoms with Crippen LogP contribution < -0.4 is 15.5 Å². The van der Waals surface area contributed by atoms with Gasteiger partial charge >= 0.3 is 0 Å². The molecule has 0 saturated carbocycles. The summed E-state index contributed by atoms with van der Waals surface area (Å²) in [6.07, 6.45) is 3.56. The van der Waals surface area contributed by atoms with Crippen molar-refractivity contribution in [1.29, 1.82) is 0 Å². The van der Waals surface area contributed by atoms with E-state index in [-0.39, 0.29) is 5.91 Å². The number of para-hydroxylation sites is 1. The van der Waals surface area contributed by atoms with Crippen molar-refractivity contribution < 1.29 is 4.79 Å². The van der Waals surface area contributed by atoms with Gasteiger partial charge in [-0.15, -0.1) is 0 Å². The number of carbonyl (C=O) groups is 1. The van der Waals surface area contributed by atoms with E-state index >= 15 is 0 Å². The minimum Gasteiger partial charge on any atom is -0.338 e. The number of rotatable bonds is 6. The Hall–Kier alpha value is -3.85. The number of benzene rings is 1. The number of aromatic nitrogens is 4. The number of piperazine rings is 1. The fourth-order valence-electron chi connectivity index (χ4n) is 3.35. The molecule has 170 valence electrons. The Kier molecular flexibility index (Phi) is 6.89. The summed E-state index contributed by atoms with van der Waals surface area (Å²) in [4.78, 5) is 35.3. The van der Waals surface area contributed by atoms with Crippen molar-refractivity contribution >= 4 is 34.9 Å². The van der Waals surface area contributed by atoms with Crippen LogP contribution in [-0.4, -0.2) is 64.0 Å². The van der Waals surface area contributed by atoms with Gasteiger partial charge in [0.25, 0.3) is 5.91 Å². The fourth-order valence-corrected chi connectivity index (χ4v) is 3.35. The first kappa shape index (κ1) is 22.3. The lowest BCUT2D eigenvalue weighted by atomic mass is 10.2. The van der Waals surface area contributed by atoms with Crippen molar-refractivity contribution in [3.05, 3.63) is 66.1 Å². The summed E-state index contributed by atoms with van der Waals surface area (Å²) in [6, 6.07) is 12.7. The minimum atomic E-state index is -0.217. The van der Waals surface area contributed by atoms with Gasteiger partial charge in [-0.05, 0) is 50.7 Å². The number of hydrogen-bond acceptors (Lipinski definition) is 8. The second-order valence-corrected chi connectivity index (χ2v) is 7.92. The molecule has 0 radical (unpaired) electrons. The van der Waals surface area contributed by atoms with Crippen LogP contribution in [0.5, 0.6) is 0 Å². The Bertz CT molecular complexity index is 1140. The molecule has 9 nitrogen and oxygen atoms in total. The van der Waals surface area contributed by atoms with Gasteiger partial charge in [0.1, 0.15) is 5.82 Å². The third-order valence-corrected chi connectivity index (χ3v) is 5.49. The lowest BCUT2D eigenvalue weighted by molar-refractivity contribution is 0.102. The van der Waals surface area contributed by atoms with Gasteiger partial charge in [-0.2, -0.15) is 15.0 Å². The van der Waals surface area contributed by atoms with Crippen LogP contribution in [0.2, 0.25) is 0 Å². The van der Waals surface area contributed by atoms with Gasteiger partial charge in [0.05, 0.1) is 0 Å². The summed E-state index contributed by atoms with van der Waals surface area (Å²) < 4.78 is 0. The predicted molar refractivity (Wildman–Crippen MR) is 131 cm³/mol. The number of pyridine rings is 1. The number of amides is 1. The first-order chi connectivity index (χ1) is 16.0. The maximum absolute atomic E-state index is 12.7. The lowest BCUT2D eigenvalue weighted by Crippen LogP contribution is -2.45. The van der Waals surface area contributed by atoms with Gasteiger partial charge in [0.2, 0.25) is 11.9 Å². The van der Waals surface area contributed by atoms with Crippen LogP contribution in [0.15, 0.2) is 54.7 Å². The predicted octanol–water partition coefficient (Wildman–Crippen LogP) is 3.44. The maximum Gasteiger partial charge on any atom is 0.255 e. The number of nitrogens with zero attached hydrogens (tertiary/aromatic N) is 6. The Balaban J connectivity index is 1.57. The van der Waals surface area contributed by atoms with E-state index in [1.54, 1.807) is 18.3 Å². The molecule has 2 aromatic heterocycles. The highest BCUT2D eigenvalue weighted by Crippen LogP contribution is 2.20. The molecule has 33 heavy (non-hydrogen) atoms. The van der Waals surface area contributed by atoms with E-state index in [4.69, 9.17) is 0 Å². The molecule has 2 N–H and O–H groups in total. The van der Waals surface area contributed by atoms with Crippen LogP contribution in [0.4, 0.5) is 23.4 Å². The molecule has 1 aliphatic heterocycles. The summed E-state index contributed by atoms with van der Waals surface area (Å²) in [5, 5.41) is 6.04. The molecular weight excluding hydrogens is 416 g/mol. The van der Waals surface area contributed by atoms with Crippen molar-refractivity contribution in [1.82, 2.24) is 24.8 Å². The average Bonchev–Trinajstić information content (AvgIpc) is 2.84. The quantitative estimate of drug-likeness (QED) is 0.597. The summed E-state index contributed by atoms with van der Waals surface area (Å²) in [6.45, 7) is 7.53. The number of hydrogen-bond donors (Lipinski definition) is 2. The van der Waals surface area contributed by atoms with E-state index in [9.17, 15) is 4.79 Å². The van der Waals surface area contributed by atoms with E-state index < -0.39 is 0 Å². The molecule has 4 rings (SSSR count). The number of likely N-dealkylation sites (N-methyl/N-ethyl adjacent to an activating group) is 1. The molecular formula is C24H28N8O. The largest absolute Gasteiger partial charge is 0.338 e. The fraction of sp³-hybridized carbons (Fsp3) is 0.292. The molecule has 1 aromatic carbocycles. The first-order valence-electron chi connectivity index (χ1n) is 10.9. The van der Waals surface area contributed by atoms with E-state index in [0.717, 1.165) is 37.4 Å². The van der Waals surface area contributed by atoms with Crippen molar-refractivity contribution in [3.63, 3.8) is 0 Å². The molecule has 1 fully saturated rings. The highest BCUT2D eigenvalue weighted by Gasteiger charge is 2.19. The van der Waals surface area contributed by atoms with Gasteiger partial charge in [-0.25, -0.2) is 4.98 Å². The zero-order chi connectivity index (χ0) is 23.2. The summed E-state index contributed by atoms with van der Waals surface area (Å²) in [7, 11) is 2.11. The van der Waals surface area contributed by atoms with E-state index in [1.807, 2.05) is 50.3 Å². The number of allylic oxidation sites excluding steroid dienone is 2. The molecule has 0 atom stereocenters. The molecule has 3 aromatic rings. The summed E-state index contributed by atoms with van der Waals surface area (Å²) >= 11 is 0. The Labute approximate surface area is 193 Å². The van der Waals surface area contributed by atoms with Crippen molar-refractivity contribution in [2.75, 3.05) is 48.8 Å². The highest BCUT2D eigenvalue weighted by atomic mass is 16.1. The van der Waals surface area contributed by atoms with Gasteiger partial charge in [-0.1, -0.05) is 24.3 Å². The zero-order valence-electron chi connectivity index (χ0n) is 19.1. The van der Waals surface area contributed by atoms with Crippen LogP contribution in [-0.2, 0) is 0 Å². The second-order valence-electron chi connectivity index (χ2n) is 7.92. The summed E-state index contributed by atoms with van der Waals surface area (Å²) in [5.41, 5.74) is 2.17. The highest BCUT2D eigenvalue weighted by molar-refractivity contribution is 6.04. The monoisotopic (exact) mass is 444 g/mol. The normalized spacial score (nSPS) is 14.8. The minimum absolute atomic E-state index is 0.217. The average molecular weight is 445 g/mol. The molecule has 1 amide bonds. The third-order valence-electron chi connectivity index (χ3n) is 5.49. The second kappa shape index (κ2) is 10.2. The van der Waals surface area contributed by atoms with E-state index in [2.05, 4.69) is 47.4 Å². The van der Waals surface area contributed by atoms with Crippen LogP contribution in [0.25, 0.3) is 5.57 Å². The van der Waals surface area contributed by atoms with Crippen molar-refractivity contribution in [2.45, 2.75) is 13.8 Å². The standard InChI is InChI=1S/C24H28N8O/c1-4-17(2)21-28-23(30-24(29-21)32-14-12-31(3)13-15-32)27-20-16-18(10-11-25-20)22(33)26-19-8-6-5-7-9-19/h4-11,16H,12-15H2,1-3H3,(H,26,33)(H,25,27,28,29,30). The molecule has 0 bridgehead atoms. The van der Waals surface area contributed by atoms with E-state index in [1.165, 1.54) is 0 Å².